The molecule has 1 aromatic carbocycles. The Morgan fingerprint density at radius 2 is 2.05 bits per heavy atom. The summed E-state index contributed by atoms with van der Waals surface area (Å²) < 4.78 is 6.11. The quantitative estimate of drug-likeness (QED) is 0.680. The van der Waals surface area contributed by atoms with E-state index in [4.69, 9.17) is 9.42 Å². The molecule has 0 atom stereocenters. The average molecular weight is 287 g/mol. The molecule has 2 aromatic rings. The van der Waals surface area contributed by atoms with Crippen molar-refractivity contribution < 1.29 is 4.43 Å². The lowest BCUT2D eigenvalue weighted by Crippen LogP contribution is -2.29. The Morgan fingerprint density at radius 1 is 1.30 bits per heavy atom. The SMILES string of the molecule is CC(=Nc1cc(C)ccc1O[Si](C)(C)C)c1cn[nH]c1. The molecule has 106 valence electrons. The van der Waals surface area contributed by atoms with Gasteiger partial charge in [0, 0.05) is 17.5 Å². The minimum atomic E-state index is -1.65. The van der Waals surface area contributed by atoms with E-state index in [1.807, 2.05) is 19.2 Å². The number of aryl methyl sites for hydroxylation is 1. The van der Waals surface area contributed by atoms with Gasteiger partial charge in [0.2, 0.25) is 8.32 Å². The minimum Gasteiger partial charge on any atom is -0.543 e. The first-order chi connectivity index (χ1) is 9.35. The Labute approximate surface area is 121 Å². The normalized spacial score (nSPS) is 12.6. The summed E-state index contributed by atoms with van der Waals surface area (Å²) in [6.45, 7) is 10.5. The highest BCUT2D eigenvalue weighted by Crippen LogP contribution is 2.31. The molecule has 0 saturated heterocycles. The lowest BCUT2D eigenvalue weighted by Gasteiger charge is -2.20. The number of aromatic amines is 1. The number of rotatable bonds is 4. The molecule has 1 heterocycles. The van der Waals surface area contributed by atoms with Gasteiger partial charge in [-0.1, -0.05) is 6.07 Å². The van der Waals surface area contributed by atoms with Crippen LogP contribution in [0.5, 0.6) is 5.75 Å². The fraction of sp³-hybridized carbons (Fsp3) is 0.333. The van der Waals surface area contributed by atoms with Crippen LogP contribution in [0.15, 0.2) is 35.6 Å². The van der Waals surface area contributed by atoms with Crippen molar-refractivity contribution in [2.75, 3.05) is 0 Å². The van der Waals surface area contributed by atoms with E-state index < -0.39 is 8.32 Å². The van der Waals surface area contributed by atoms with Crippen LogP contribution >= 0.6 is 0 Å². The number of hydrogen-bond acceptors (Lipinski definition) is 3. The predicted molar refractivity (Wildman–Crippen MR) is 85.6 cm³/mol. The lowest BCUT2D eigenvalue weighted by molar-refractivity contribution is 0.559. The Morgan fingerprint density at radius 3 is 2.65 bits per heavy atom. The summed E-state index contributed by atoms with van der Waals surface area (Å²) in [5.74, 6) is 0.859. The second-order valence-corrected chi connectivity index (χ2v) is 10.3. The summed E-state index contributed by atoms with van der Waals surface area (Å²) in [6.07, 6.45) is 3.61. The molecule has 0 saturated carbocycles. The maximum atomic E-state index is 6.11. The summed E-state index contributed by atoms with van der Waals surface area (Å²) in [7, 11) is -1.65. The molecule has 0 aliphatic carbocycles. The van der Waals surface area contributed by atoms with Gasteiger partial charge in [-0.05, 0) is 51.2 Å². The molecule has 0 amide bonds. The summed E-state index contributed by atoms with van der Waals surface area (Å²) in [4.78, 5) is 4.70. The fourth-order valence-corrected chi connectivity index (χ4v) is 2.66. The van der Waals surface area contributed by atoms with Crippen molar-refractivity contribution in [2.45, 2.75) is 33.5 Å². The van der Waals surface area contributed by atoms with Gasteiger partial charge in [0.05, 0.1) is 6.20 Å². The van der Waals surface area contributed by atoms with Crippen LogP contribution in [0.3, 0.4) is 0 Å². The van der Waals surface area contributed by atoms with Crippen LogP contribution in [0.2, 0.25) is 19.6 Å². The first-order valence-electron chi connectivity index (χ1n) is 6.69. The molecule has 0 aliphatic rings. The van der Waals surface area contributed by atoms with Crippen molar-refractivity contribution in [3.8, 4) is 5.75 Å². The highest BCUT2D eigenvalue weighted by molar-refractivity contribution is 6.70. The van der Waals surface area contributed by atoms with Gasteiger partial charge in [-0.25, -0.2) is 4.99 Å². The standard InChI is InChI=1S/C15H21N3OSi/c1-11-6-7-15(19-20(3,4)5)14(8-11)18-12(2)13-9-16-17-10-13/h6-10H,1-5H3,(H,16,17). The maximum absolute atomic E-state index is 6.11. The molecule has 1 N–H and O–H groups in total. The molecule has 0 unspecified atom stereocenters. The topological polar surface area (TPSA) is 50.3 Å². The van der Waals surface area contributed by atoms with Crippen LogP contribution in [-0.4, -0.2) is 24.2 Å². The number of aliphatic imine (C=N–C) groups is 1. The third kappa shape index (κ3) is 3.80. The van der Waals surface area contributed by atoms with E-state index >= 15 is 0 Å². The van der Waals surface area contributed by atoms with Crippen molar-refractivity contribution in [3.63, 3.8) is 0 Å². The summed E-state index contributed by atoms with van der Waals surface area (Å²) in [5, 5.41) is 6.76. The van der Waals surface area contributed by atoms with E-state index in [0.29, 0.717) is 0 Å². The van der Waals surface area contributed by atoms with Crippen molar-refractivity contribution in [1.82, 2.24) is 10.2 Å². The number of hydrogen-bond donors (Lipinski definition) is 1. The molecular weight excluding hydrogens is 266 g/mol. The molecule has 5 heteroatoms. The van der Waals surface area contributed by atoms with Gasteiger partial charge < -0.3 is 4.43 Å². The van der Waals surface area contributed by atoms with Crippen LogP contribution < -0.4 is 4.43 Å². The van der Waals surface area contributed by atoms with Crippen molar-refractivity contribution in [2.24, 2.45) is 4.99 Å². The number of nitrogens with zero attached hydrogens (tertiary/aromatic N) is 2. The summed E-state index contributed by atoms with van der Waals surface area (Å²) in [6, 6.07) is 6.12. The van der Waals surface area contributed by atoms with E-state index in [1.165, 1.54) is 5.56 Å². The second-order valence-electron chi connectivity index (χ2n) is 5.87. The minimum absolute atomic E-state index is 0.859. The summed E-state index contributed by atoms with van der Waals surface area (Å²) in [5.41, 5.74) is 3.97. The third-order valence-electron chi connectivity index (χ3n) is 2.73. The van der Waals surface area contributed by atoms with E-state index in [1.54, 1.807) is 6.20 Å². The largest absolute Gasteiger partial charge is 0.543 e. The van der Waals surface area contributed by atoms with Gasteiger partial charge in [0.15, 0.2) is 0 Å². The highest BCUT2D eigenvalue weighted by atomic mass is 28.4. The predicted octanol–water partition coefficient (Wildman–Crippen LogP) is 4.07. The number of H-pyrrole nitrogens is 1. The Balaban J connectivity index is 2.39. The molecule has 0 radical (unpaired) electrons. The monoisotopic (exact) mass is 287 g/mol. The lowest BCUT2D eigenvalue weighted by atomic mass is 10.2. The molecular formula is C15H21N3OSi. The maximum Gasteiger partial charge on any atom is 0.242 e. The average Bonchev–Trinajstić information content (AvgIpc) is 2.85. The van der Waals surface area contributed by atoms with Gasteiger partial charge >= 0.3 is 0 Å². The van der Waals surface area contributed by atoms with Crippen LogP contribution in [0.1, 0.15) is 18.1 Å². The third-order valence-corrected chi connectivity index (χ3v) is 3.57. The Hall–Kier alpha value is -1.88. The molecule has 0 bridgehead atoms. The van der Waals surface area contributed by atoms with E-state index in [2.05, 4.69) is 48.9 Å². The molecule has 20 heavy (non-hydrogen) atoms. The van der Waals surface area contributed by atoms with Crippen molar-refractivity contribution >= 4 is 19.7 Å². The van der Waals surface area contributed by atoms with Gasteiger partial charge in [-0.2, -0.15) is 5.10 Å². The number of nitrogens with one attached hydrogen (secondary N) is 1. The van der Waals surface area contributed by atoms with Crippen molar-refractivity contribution in [1.29, 1.82) is 0 Å². The zero-order valence-corrected chi connectivity index (χ0v) is 13.7. The molecule has 0 aliphatic heterocycles. The first kappa shape index (κ1) is 14.5. The van der Waals surface area contributed by atoms with Crippen molar-refractivity contribution in [3.05, 3.63) is 41.7 Å². The molecule has 1 aromatic heterocycles. The smallest absolute Gasteiger partial charge is 0.242 e. The molecule has 0 fully saturated rings. The van der Waals surface area contributed by atoms with Gasteiger partial charge in [-0.3, -0.25) is 5.10 Å². The molecule has 4 nitrogen and oxygen atoms in total. The van der Waals surface area contributed by atoms with E-state index in [9.17, 15) is 0 Å². The van der Waals surface area contributed by atoms with E-state index in [0.717, 1.165) is 22.7 Å². The van der Waals surface area contributed by atoms with Gasteiger partial charge in [0.25, 0.3) is 0 Å². The van der Waals surface area contributed by atoms with Crippen LogP contribution in [0.4, 0.5) is 5.69 Å². The molecule has 0 spiro atoms. The van der Waals surface area contributed by atoms with Crippen LogP contribution in [0.25, 0.3) is 0 Å². The van der Waals surface area contributed by atoms with Crippen LogP contribution in [0, 0.1) is 6.92 Å². The van der Waals surface area contributed by atoms with Gasteiger partial charge in [-0.15, -0.1) is 0 Å². The summed E-state index contributed by atoms with van der Waals surface area (Å²) >= 11 is 0. The number of benzene rings is 1. The second kappa shape index (κ2) is 5.62. The Kier molecular flexibility index (Phi) is 4.08. The number of aromatic nitrogens is 2. The zero-order valence-electron chi connectivity index (χ0n) is 12.7. The fourth-order valence-electron chi connectivity index (χ4n) is 1.82. The van der Waals surface area contributed by atoms with E-state index in [-0.39, 0.29) is 0 Å². The molecule has 2 rings (SSSR count). The van der Waals surface area contributed by atoms with Crippen LogP contribution in [-0.2, 0) is 0 Å². The first-order valence-corrected chi connectivity index (χ1v) is 10.1. The Bertz CT molecular complexity index is 613. The van der Waals surface area contributed by atoms with Gasteiger partial charge in [0.1, 0.15) is 11.4 Å². The zero-order chi connectivity index (χ0) is 14.8. The highest BCUT2D eigenvalue weighted by Gasteiger charge is 2.18.